The molecule has 0 spiro atoms. The number of rotatable bonds is 5. The smallest absolute Gasteiger partial charge is 0.340 e. The SMILES string of the molecule is Cc1cc(OCC(F)(F)C(F)F)ccc1C(=O)O. The molecule has 0 bridgehead atoms. The van der Waals surface area contributed by atoms with Crippen molar-refractivity contribution in [3.05, 3.63) is 29.3 Å². The van der Waals surface area contributed by atoms with Gasteiger partial charge in [-0.1, -0.05) is 0 Å². The zero-order chi connectivity index (χ0) is 13.9. The standard InChI is InChI=1S/C11H10F4O3/c1-6-4-7(2-3-8(6)9(16)17)18-5-11(14,15)10(12)13/h2-4,10H,5H2,1H3,(H,16,17). The summed E-state index contributed by atoms with van der Waals surface area (Å²) < 4.78 is 53.4. The average Bonchev–Trinajstić information content (AvgIpc) is 2.25. The van der Waals surface area contributed by atoms with E-state index in [0.29, 0.717) is 5.56 Å². The maximum Gasteiger partial charge on any atom is 0.340 e. The monoisotopic (exact) mass is 266 g/mol. The van der Waals surface area contributed by atoms with E-state index < -0.39 is 24.9 Å². The first-order valence-electron chi connectivity index (χ1n) is 4.87. The molecule has 0 aliphatic heterocycles. The third kappa shape index (κ3) is 3.35. The molecule has 0 saturated carbocycles. The van der Waals surface area contributed by atoms with E-state index >= 15 is 0 Å². The summed E-state index contributed by atoms with van der Waals surface area (Å²) in [6.07, 6.45) is -3.81. The summed E-state index contributed by atoms with van der Waals surface area (Å²) in [6.45, 7) is -0.0158. The second-order valence-corrected chi connectivity index (χ2v) is 3.63. The predicted molar refractivity (Wildman–Crippen MR) is 54.6 cm³/mol. The summed E-state index contributed by atoms with van der Waals surface area (Å²) >= 11 is 0. The molecule has 0 aliphatic carbocycles. The van der Waals surface area contributed by atoms with Gasteiger partial charge in [0.1, 0.15) is 5.75 Å². The Hall–Kier alpha value is -1.79. The number of ether oxygens (including phenoxy) is 1. The summed E-state index contributed by atoms with van der Waals surface area (Å²) in [5, 5.41) is 8.73. The molecule has 1 N–H and O–H groups in total. The van der Waals surface area contributed by atoms with Crippen LogP contribution in [0.15, 0.2) is 18.2 Å². The van der Waals surface area contributed by atoms with E-state index in [0.717, 1.165) is 12.1 Å². The zero-order valence-electron chi connectivity index (χ0n) is 9.29. The fraction of sp³-hybridized carbons (Fsp3) is 0.364. The van der Waals surface area contributed by atoms with Crippen LogP contribution in [0.1, 0.15) is 15.9 Å². The number of carboxylic acids is 1. The normalized spacial score (nSPS) is 11.7. The minimum absolute atomic E-state index is 0.0111. The largest absolute Gasteiger partial charge is 0.487 e. The number of carboxylic acid groups (broad SMARTS) is 1. The van der Waals surface area contributed by atoms with E-state index in [1.807, 2.05) is 0 Å². The molecule has 0 saturated heterocycles. The van der Waals surface area contributed by atoms with Gasteiger partial charge in [0.2, 0.25) is 0 Å². The van der Waals surface area contributed by atoms with Gasteiger partial charge in [0.15, 0.2) is 6.61 Å². The van der Waals surface area contributed by atoms with Crippen molar-refractivity contribution in [2.45, 2.75) is 19.3 Å². The van der Waals surface area contributed by atoms with Gasteiger partial charge >= 0.3 is 18.3 Å². The van der Waals surface area contributed by atoms with E-state index in [9.17, 15) is 22.4 Å². The van der Waals surface area contributed by atoms with E-state index in [1.165, 1.54) is 13.0 Å². The highest BCUT2D eigenvalue weighted by molar-refractivity contribution is 5.89. The summed E-state index contributed by atoms with van der Waals surface area (Å²) in [4.78, 5) is 10.7. The van der Waals surface area contributed by atoms with Crippen LogP contribution in [0.2, 0.25) is 0 Å². The van der Waals surface area contributed by atoms with E-state index in [4.69, 9.17) is 5.11 Å². The van der Waals surface area contributed by atoms with Crippen molar-refractivity contribution in [2.75, 3.05) is 6.61 Å². The van der Waals surface area contributed by atoms with Crippen molar-refractivity contribution in [3.63, 3.8) is 0 Å². The first kappa shape index (κ1) is 14.3. The maximum absolute atomic E-state index is 12.6. The van der Waals surface area contributed by atoms with Crippen LogP contribution in [-0.4, -0.2) is 30.0 Å². The number of hydrogen-bond acceptors (Lipinski definition) is 2. The Morgan fingerprint density at radius 2 is 2.06 bits per heavy atom. The predicted octanol–water partition coefficient (Wildman–Crippen LogP) is 2.97. The number of benzene rings is 1. The molecule has 1 aromatic rings. The van der Waals surface area contributed by atoms with Crippen LogP contribution >= 0.6 is 0 Å². The lowest BCUT2D eigenvalue weighted by atomic mass is 10.1. The van der Waals surface area contributed by atoms with Crippen LogP contribution in [-0.2, 0) is 0 Å². The van der Waals surface area contributed by atoms with Crippen LogP contribution < -0.4 is 4.74 Å². The first-order valence-corrected chi connectivity index (χ1v) is 4.87. The summed E-state index contributed by atoms with van der Waals surface area (Å²) in [7, 11) is 0. The van der Waals surface area contributed by atoms with Crippen molar-refractivity contribution in [1.82, 2.24) is 0 Å². The zero-order valence-corrected chi connectivity index (χ0v) is 9.29. The third-order valence-corrected chi connectivity index (χ3v) is 2.18. The van der Waals surface area contributed by atoms with Gasteiger partial charge in [-0.2, -0.15) is 8.78 Å². The fourth-order valence-electron chi connectivity index (χ4n) is 1.21. The van der Waals surface area contributed by atoms with Gasteiger partial charge in [-0.3, -0.25) is 0 Å². The number of carbonyl (C=O) groups is 1. The van der Waals surface area contributed by atoms with E-state index in [1.54, 1.807) is 0 Å². The van der Waals surface area contributed by atoms with Gasteiger partial charge in [0.05, 0.1) is 5.56 Å². The van der Waals surface area contributed by atoms with Gasteiger partial charge < -0.3 is 9.84 Å². The Kier molecular flexibility index (Phi) is 4.15. The number of aryl methyl sites for hydroxylation is 1. The van der Waals surface area contributed by atoms with Crippen molar-refractivity contribution in [3.8, 4) is 5.75 Å². The molecule has 0 fully saturated rings. The Balaban J connectivity index is 2.76. The fourth-order valence-corrected chi connectivity index (χ4v) is 1.21. The Bertz CT molecular complexity index is 446. The van der Waals surface area contributed by atoms with Gasteiger partial charge in [-0.05, 0) is 30.7 Å². The number of halogens is 4. The summed E-state index contributed by atoms with van der Waals surface area (Å²) in [6, 6.07) is 3.50. The molecule has 0 amide bonds. The second kappa shape index (κ2) is 5.24. The van der Waals surface area contributed by atoms with E-state index in [2.05, 4.69) is 4.74 Å². The molecule has 1 aromatic carbocycles. The van der Waals surface area contributed by atoms with E-state index in [-0.39, 0.29) is 11.3 Å². The van der Waals surface area contributed by atoms with Crippen molar-refractivity contribution < 1.29 is 32.2 Å². The molecular formula is C11H10F4O3. The third-order valence-electron chi connectivity index (χ3n) is 2.18. The van der Waals surface area contributed by atoms with Gasteiger partial charge in [0, 0.05) is 0 Å². The Morgan fingerprint density at radius 1 is 1.44 bits per heavy atom. The molecule has 100 valence electrons. The van der Waals surface area contributed by atoms with Crippen molar-refractivity contribution >= 4 is 5.97 Å². The van der Waals surface area contributed by atoms with Gasteiger partial charge in [0.25, 0.3) is 0 Å². The highest BCUT2D eigenvalue weighted by Gasteiger charge is 2.41. The summed E-state index contributed by atoms with van der Waals surface area (Å²) in [5.74, 6) is -5.49. The number of aromatic carboxylic acids is 1. The molecule has 0 aromatic heterocycles. The first-order chi connectivity index (χ1) is 8.24. The molecule has 0 unspecified atom stereocenters. The van der Waals surface area contributed by atoms with Crippen LogP contribution in [0.5, 0.6) is 5.75 Å². The molecule has 0 heterocycles. The highest BCUT2D eigenvalue weighted by atomic mass is 19.3. The quantitative estimate of drug-likeness (QED) is 0.833. The van der Waals surface area contributed by atoms with Crippen molar-refractivity contribution in [2.24, 2.45) is 0 Å². The minimum Gasteiger partial charge on any atom is -0.487 e. The topological polar surface area (TPSA) is 46.5 Å². The molecule has 1 rings (SSSR count). The molecule has 18 heavy (non-hydrogen) atoms. The van der Waals surface area contributed by atoms with Crippen LogP contribution in [0.25, 0.3) is 0 Å². The molecule has 3 nitrogen and oxygen atoms in total. The number of hydrogen-bond donors (Lipinski definition) is 1. The Labute approximate surface area is 100.0 Å². The lowest BCUT2D eigenvalue weighted by Crippen LogP contribution is -2.33. The summed E-state index contributed by atoms with van der Waals surface area (Å²) in [5.41, 5.74) is 0.281. The average molecular weight is 266 g/mol. The maximum atomic E-state index is 12.6. The van der Waals surface area contributed by atoms with Gasteiger partial charge in [-0.15, -0.1) is 0 Å². The number of alkyl halides is 4. The lowest BCUT2D eigenvalue weighted by Gasteiger charge is -2.16. The van der Waals surface area contributed by atoms with Crippen LogP contribution in [0.4, 0.5) is 17.6 Å². The molecular weight excluding hydrogens is 256 g/mol. The van der Waals surface area contributed by atoms with Crippen molar-refractivity contribution in [1.29, 1.82) is 0 Å². The van der Waals surface area contributed by atoms with Crippen LogP contribution in [0, 0.1) is 6.92 Å². The van der Waals surface area contributed by atoms with Gasteiger partial charge in [-0.25, -0.2) is 13.6 Å². The minimum atomic E-state index is -4.24. The Morgan fingerprint density at radius 3 is 2.50 bits per heavy atom. The molecule has 0 radical (unpaired) electrons. The van der Waals surface area contributed by atoms with Crippen LogP contribution in [0.3, 0.4) is 0 Å². The highest BCUT2D eigenvalue weighted by Crippen LogP contribution is 2.25. The lowest BCUT2D eigenvalue weighted by molar-refractivity contribution is -0.148. The molecule has 7 heteroatoms. The molecule has 0 atom stereocenters. The second-order valence-electron chi connectivity index (χ2n) is 3.63. The molecule has 0 aliphatic rings.